The minimum atomic E-state index is 0.523. The number of aromatic nitrogens is 2. The maximum Gasteiger partial charge on any atom is 0.248 e. The smallest absolute Gasteiger partial charge is 0.248 e. The first-order valence-electron chi connectivity index (χ1n) is 6.49. The van der Waals surface area contributed by atoms with Gasteiger partial charge in [0, 0.05) is 5.56 Å². The molecule has 0 fully saturated rings. The summed E-state index contributed by atoms with van der Waals surface area (Å²) in [6.45, 7) is 1.92. The van der Waals surface area contributed by atoms with Crippen molar-refractivity contribution in [1.29, 1.82) is 0 Å². The second-order valence-corrected chi connectivity index (χ2v) is 4.39. The van der Waals surface area contributed by atoms with E-state index in [0.29, 0.717) is 11.8 Å². The second-order valence-electron chi connectivity index (χ2n) is 4.39. The summed E-state index contributed by atoms with van der Waals surface area (Å²) in [4.78, 5) is 0. The van der Waals surface area contributed by atoms with Gasteiger partial charge in [0.1, 0.15) is 0 Å². The van der Waals surface area contributed by atoms with E-state index in [-0.39, 0.29) is 0 Å². The summed E-state index contributed by atoms with van der Waals surface area (Å²) in [5, 5.41) is 8.00. The number of allylic oxidation sites excluding steroid dienone is 1. The van der Waals surface area contributed by atoms with Crippen LogP contribution < -0.4 is 0 Å². The standard InChI is InChI=1S/C17H14N2O/c1-2-6-16-18-19-17(20-16)15-11-9-14(10-12-15)13-7-4-3-5-8-13/h2-12H,1H3/b6-2+. The summed E-state index contributed by atoms with van der Waals surface area (Å²) < 4.78 is 5.55. The van der Waals surface area contributed by atoms with Crippen LogP contribution in [0.25, 0.3) is 28.7 Å². The van der Waals surface area contributed by atoms with E-state index in [1.165, 1.54) is 11.1 Å². The molecule has 0 aliphatic carbocycles. The Balaban J connectivity index is 1.89. The monoisotopic (exact) mass is 262 g/mol. The summed E-state index contributed by atoms with van der Waals surface area (Å²) in [6, 6.07) is 18.4. The van der Waals surface area contributed by atoms with Crippen molar-refractivity contribution in [2.45, 2.75) is 6.92 Å². The van der Waals surface area contributed by atoms with Crippen LogP contribution in [0.1, 0.15) is 12.8 Å². The molecule has 0 saturated carbocycles. The molecule has 0 bridgehead atoms. The average Bonchev–Trinajstić information content (AvgIpc) is 2.97. The molecule has 20 heavy (non-hydrogen) atoms. The van der Waals surface area contributed by atoms with Crippen LogP contribution >= 0.6 is 0 Å². The van der Waals surface area contributed by atoms with Crippen molar-refractivity contribution in [2.24, 2.45) is 0 Å². The molecule has 0 spiro atoms. The molecule has 2 aromatic carbocycles. The lowest BCUT2D eigenvalue weighted by molar-refractivity contribution is 0.557. The highest BCUT2D eigenvalue weighted by atomic mass is 16.4. The number of rotatable bonds is 3. The van der Waals surface area contributed by atoms with Gasteiger partial charge >= 0.3 is 0 Å². The van der Waals surface area contributed by atoms with Crippen LogP contribution in [0.2, 0.25) is 0 Å². The third-order valence-corrected chi connectivity index (χ3v) is 2.99. The SMILES string of the molecule is C/C=C/c1nnc(-c2ccc(-c3ccccc3)cc2)o1. The van der Waals surface area contributed by atoms with Crippen molar-refractivity contribution < 1.29 is 4.42 Å². The van der Waals surface area contributed by atoms with Crippen molar-refractivity contribution >= 4 is 6.08 Å². The summed E-state index contributed by atoms with van der Waals surface area (Å²) >= 11 is 0. The van der Waals surface area contributed by atoms with Gasteiger partial charge in [0.15, 0.2) is 0 Å². The molecule has 98 valence electrons. The lowest BCUT2D eigenvalue weighted by Crippen LogP contribution is -1.80. The number of hydrogen-bond donors (Lipinski definition) is 0. The molecule has 3 heteroatoms. The highest BCUT2D eigenvalue weighted by Crippen LogP contribution is 2.24. The van der Waals surface area contributed by atoms with Crippen LogP contribution in [0, 0.1) is 0 Å². The molecule has 0 unspecified atom stereocenters. The Morgan fingerprint density at radius 1 is 0.800 bits per heavy atom. The first-order valence-corrected chi connectivity index (χ1v) is 6.49. The quantitative estimate of drug-likeness (QED) is 0.700. The van der Waals surface area contributed by atoms with Gasteiger partial charge in [0.25, 0.3) is 0 Å². The highest BCUT2D eigenvalue weighted by Gasteiger charge is 2.06. The number of benzene rings is 2. The molecule has 0 saturated heterocycles. The molecule has 1 heterocycles. The first-order chi connectivity index (χ1) is 9.86. The molecular formula is C17H14N2O. The van der Waals surface area contributed by atoms with Gasteiger partial charge in [-0.25, -0.2) is 0 Å². The summed E-state index contributed by atoms with van der Waals surface area (Å²) in [7, 11) is 0. The van der Waals surface area contributed by atoms with Crippen molar-refractivity contribution in [1.82, 2.24) is 10.2 Å². The van der Waals surface area contributed by atoms with Gasteiger partial charge in [-0.1, -0.05) is 48.5 Å². The van der Waals surface area contributed by atoms with Crippen LogP contribution in [-0.2, 0) is 0 Å². The molecule has 0 amide bonds. The predicted octanol–water partition coefficient (Wildman–Crippen LogP) is 4.44. The zero-order valence-corrected chi connectivity index (χ0v) is 11.2. The fourth-order valence-corrected chi connectivity index (χ4v) is 2.00. The van der Waals surface area contributed by atoms with Crippen LogP contribution in [0.4, 0.5) is 0 Å². The molecule has 0 aliphatic heterocycles. The maximum absolute atomic E-state index is 5.55. The van der Waals surface area contributed by atoms with Crippen LogP contribution in [0.5, 0.6) is 0 Å². The highest BCUT2D eigenvalue weighted by molar-refractivity contribution is 5.67. The van der Waals surface area contributed by atoms with E-state index < -0.39 is 0 Å². The molecule has 0 N–H and O–H groups in total. The normalized spacial score (nSPS) is 11.1. The molecule has 0 atom stereocenters. The third-order valence-electron chi connectivity index (χ3n) is 2.99. The predicted molar refractivity (Wildman–Crippen MR) is 79.9 cm³/mol. The summed E-state index contributed by atoms with van der Waals surface area (Å²) in [6.07, 6.45) is 3.66. The Labute approximate surface area is 117 Å². The fraction of sp³-hybridized carbons (Fsp3) is 0.0588. The van der Waals surface area contributed by atoms with Gasteiger partial charge < -0.3 is 4.42 Å². The first kappa shape index (κ1) is 12.4. The van der Waals surface area contributed by atoms with Crippen molar-refractivity contribution in [3.63, 3.8) is 0 Å². The van der Waals surface area contributed by atoms with Gasteiger partial charge in [0.05, 0.1) is 0 Å². The number of nitrogens with zero attached hydrogens (tertiary/aromatic N) is 2. The average molecular weight is 262 g/mol. The lowest BCUT2D eigenvalue weighted by Gasteiger charge is -2.01. The van der Waals surface area contributed by atoms with Gasteiger partial charge in [-0.2, -0.15) is 0 Å². The lowest BCUT2D eigenvalue weighted by atomic mass is 10.0. The van der Waals surface area contributed by atoms with Crippen molar-refractivity contribution in [3.05, 3.63) is 66.6 Å². The number of hydrogen-bond acceptors (Lipinski definition) is 3. The minimum absolute atomic E-state index is 0.523. The molecule has 0 radical (unpaired) electrons. The molecule has 0 aliphatic rings. The Hall–Kier alpha value is -2.68. The topological polar surface area (TPSA) is 38.9 Å². The van der Waals surface area contributed by atoms with Gasteiger partial charge in [-0.3, -0.25) is 0 Å². The van der Waals surface area contributed by atoms with Gasteiger partial charge in [0.2, 0.25) is 11.8 Å². The zero-order valence-electron chi connectivity index (χ0n) is 11.2. The fourth-order valence-electron chi connectivity index (χ4n) is 2.00. The van der Waals surface area contributed by atoms with E-state index in [0.717, 1.165) is 5.56 Å². The van der Waals surface area contributed by atoms with Crippen molar-refractivity contribution in [2.75, 3.05) is 0 Å². The minimum Gasteiger partial charge on any atom is -0.417 e. The Kier molecular flexibility index (Phi) is 3.42. The van der Waals surface area contributed by atoms with E-state index >= 15 is 0 Å². The molecule has 3 rings (SSSR count). The largest absolute Gasteiger partial charge is 0.417 e. The van der Waals surface area contributed by atoms with E-state index in [1.807, 2.05) is 43.3 Å². The summed E-state index contributed by atoms with van der Waals surface area (Å²) in [5.41, 5.74) is 3.29. The second kappa shape index (κ2) is 5.53. The third kappa shape index (κ3) is 2.52. The Bertz CT molecular complexity index is 712. The van der Waals surface area contributed by atoms with Gasteiger partial charge in [-0.05, 0) is 36.3 Å². The summed E-state index contributed by atoms with van der Waals surface area (Å²) in [5.74, 6) is 1.06. The molecule has 1 aromatic heterocycles. The van der Waals surface area contributed by atoms with Crippen LogP contribution in [-0.4, -0.2) is 10.2 Å². The van der Waals surface area contributed by atoms with Crippen LogP contribution in [0.3, 0.4) is 0 Å². The van der Waals surface area contributed by atoms with E-state index in [9.17, 15) is 0 Å². The zero-order chi connectivity index (χ0) is 13.8. The van der Waals surface area contributed by atoms with Crippen LogP contribution in [0.15, 0.2) is 65.1 Å². The molecular weight excluding hydrogens is 248 g/mol. The van der Waals surface area contributed by atoms with Gasteiger partial charge in [-0.15, -0.1) is 10.2 Å². The van der Waals surface area contributed by atoms with E-state index in [1.54, 1.807) is 6.08 Å². The maximum atomic E-state index is 5.55. The van der Waals surface area contributed by atoms with E-state index in [4.69, 9.17) is 4.42 Å². The van der Waals surface area contributed by atoms with E-state index in [2.05, 4.69) is 34.5 Å². The molecule has 3 nitrogen and oxygen atoms in total. The Morgan fingerprint density at radius 3 is 2.15 bits per heavy atom. The van der Waals surface area contributed by atoms with Crippen molar-refractivity contribution in [3.8, 4) is 22.6 Å². The Morgan fingerprint density at radius 2 is 1.45 bits per heavy atom. The molecule has 3 aromatic rings.